The van der Waals surface area contributed by atoms with Crippen LogP contribution < -0.4 is 5.56 Å². The lowest BCUT2D eigenvalue weighted by Crippen LogP contribution is -2.19. The Balaban J connectivity index is 2.07. The van der Waals surface area contributed by atoms with E-state index in [-0.39, 0.29) is 5.56 Å². The van der Waals surface area contributed by atoms with Crippen LogP contribution in [0.25, 0.3) is 15.3 Å². The van der Waals surface area contributed by atoms with Gasteiger partial charge in [-0.2, -0.15) is 4.68 Å². The second-order valence-electron chi connectivity index (χ2n) is 6.14. The second kappa shape index (κ2) is 7.78. The van der Waals surface area contributed by atoms with Crippen molar-refractivity contribution in [3.63, 3.8) is 0 Å². The molecule has 0 amide bonds. The minimum atomic E-state index is -0.0553. The normalized spacial score (nSPS) is 12.2. The predicted octanol–water partition coefficient (Wildman–Crippen LogP) is 4.34. The number of benzene rings is 1. The summed E-state index contributed by atoms with van der Waals surface area (Å²) in [6.45, 7) is 6.95. The summed E-state index contributed by atoms with van der Waals surface area (Å²) in [5.74, 6) is 0. The van der Waals surface area contributed by atoms with Crippen LogP contribution in [0.3, 0.4) is 0 Å². The Labute approximate surface area is 151 Å². The van der Waals surface area contributed by atoms with Gasteiger partial charge in [0, 0.05) is 18.0 Å². The lowest BCUT2D eigenvalue weighted by molar-refractivity contribution is 0.790. The highest BCUT2D eigenvalue weighted by Gasteiger charge is 2.19. The summed E-state index contributed by atoms with van der Waals surface area (Å²) in [5.41, 5.74) is 3.33. The van der Waals surface area contributed by atoms with Crippen LogP contribution in [0.2, 0.25) is 0 Å². The monoisotopic (exact) mass is 356 g/mol. The summed E-state index contributed by atoms with van der Waals surface area (Å²) >= 11 is 1.52. The molecule has 1 aromatic carbocycles. The summed E-state index contributed by atoms with van der Waals surface area (Å²) in [7, 11) is 0. The van der Waals surface area contributed by atoms with Crippen LogP contribution >= 0.6 is 11.3 Å². The fourth-order valence-electron chi connectivity index (χ4n) is 2.86. The third-order valence-corrected chi connectivity index (χ3v) is 5.18. The number of rotatable bonds is 7. The van der Waals surface area contributed by atoms with Gasteiger partial charge in [0.1, 0.15) is 0 Å². The van der Waals surface area contributed by atoms with Crippen LogP contribution in [0.1, 0.15) is 51.3 Å². The fourth-order valence-corrected chi connectivity index (χ4v) is 3.79. The Bertz CT molecular complexity index is 915. The van der Waals surface area contributed by atoms with E-state index in [1.807, 2.05) is 31.2 Å². The molecule has 1 N–H and O–H groups in total. The molecule has 0 bridgehead atoms. The highest BCUT2D eigenvalue weighted by molar-refractivity contribution is 7.20. The van der Waals surface area contributed by atoms with Gasteiger partial charge in [-0.25, -0.2) is 4.98 Å². The summed E-state index contributed by atoms with van der Waals surface area (Å²) < 4.78 is 2.65. The van der Waals surface area contributed by atoms with E-state index in [1.54, 1.807) is 4.68 Å². The highest BCUT2D eigenvalue weighted by Crippen LogP contribution is 2.24. The van der Waals surface area contributed by atoms with Crippen molar-refractivity contribution in [3.8, 4) is 5.13 Å². The number of aromatic amines is 1. The molecule has 132 valence electrons. The number of para-hydroxylation sites is 1. The van der Waals surface area contributed by atoms with Crippen LogP contribution in [0, 0.1) is 0 Å². The Morgan fingerprint density at radius 2 is 2.08 bits per heavy atom. The van der Waals surface area contributed by atoms with E-state index in [0.29, 0.717) is 10.7 Å². The summed E-state index contributed by atoms with van der Waals surface area (Å²) in [6, 6.07) is 7.94. The average Bonchev–Trinajstić information content (AvgIpc) is 3.16. The zero-order chi connectivity index (χ0) is 17.8. The SMILES string of the molecule is CCCCN=C(C)c1c(CCC)[nH]n(-c2nc3ccccc3s2)c1=O. The first kappa shape index (κ1) is 17.6. The standard InChI is InChI=1S/C19H24N4OS/c1-4-6-12-20-13(3)17-15(9-5-2)22-23(18(17)24)19-21-14-10-7-8-11-16(14)25-19/h7-8,10-11,22H,4-6,9,12H2,1-3H3. The number of nitrogens with zero attached hydrogens (tertiary/aromatic N) is 3. The largest absolute Gasteiger partial charge is 0.292 e. The molecule has 0 saturated heterocycles. The minimum absolute atomic E-state index is 0.0553. The highest BCUT2D eigenvalue weighted by atomic mass is 32.1. The number of hydrogen-bond acceptors (Lipinski definition) is 4. The lowest BCUT2D eigenvalue weighted by Gasteiger charge is -2.00. The van der Waals surface area contributed by atoms with Crippen molar-refractivity contribution in [3.05, 3.63) is 45.9 Å². The third kappa shape index (κ3) is 3.58. The first-order valence-electron chi connectivity index (χ1n) is 8.87. The van der Waals surface area contributed by atoms with Crippen molar-refractivity contribution < 1.29 is 0 Å². The van der Waals surface area contributed by atoms with Gasteiger partial charge in [-0.05, 0) is 31.9 Å². The van der Waals surface area contributed by atoms with E-state index in [0.717, 1.165) is 53.9 Å². The maximum Gasteiger partial charge on any atom is 0.282 e. The molecular formula is C19H24N4OS. The van der Waals surface area contributed by atoms with Gasteiger partial charge in [-0.1, -0.05) is 50.2 Å². The zero-order valence-electron chi connectivity index (χ0n) is 15.0. The Morgan fingerprint density at radius 3 is 2.80 bits per heavy atom. The average molecular weight is 356 g/mol. The van der Waals surface area contributed by atoms with Crippen molar-refractivity contribution in [1.29, 1.82) is 0 Å². The van der Waals surface area contributed by atoms with Crippen molar-refractivity contribution in [2.75, 3.05) is 6.54 Å². The predicted molar refractivity (Wildman–Crippen MR) is 106 cm³/mol. The molecule has 0 radical (unpaired) electrons. The molecule has 5 nitrogen and oxygen atoms in total. The van der Waals surface area contributed by atoms with Crippen molar-refractivity contribution >= 4 is 27.3 Å². The molecule has 2 heterocycles. The molecule has 3 aromatic rings. The molecular weight excluding hydrogens is 332 g/mol. The Hall–Kier alpha value is -2.21. The lowest BCUT2D eigenvalue weighted by atomic mass is 10.1. The van der Waals surface area contributed by atoms with Crippen molar-refractivity contribution in [2.45, 2.75) is 46.5 Å². The zero-order valence-corrected chi connectivity index (χ0v) is 15.8. The van der Waals surface area contributed by atoms with Crippen LogP contribution in [0.4, 0.5) is 0 Å². The minimum Gasteiger partial charge on any atom is -0.292 e. The maximum absolute atomic E-state index is 13.0. The van der Waals surface area contributed by atoms with Gasteiger partial charge in [0.15, 0.2) is 0 Å². The number of aryl methyl sites for hydroxylation is 1. The Kier molecular flexibility index (Phi) is 5.48. The van der Waals surface area contributed by atoms with Crippen molar-refractivity contribution in [1.82, 2.24) is 14.8 Å². The van der Waals surface area contributed by atoms with Crippen LogP contribution in [-0.2, 0) is 6.42 Å². The smallest absolute Gasteiger partial charge is 0.282 e. The van der Waals surface area contributed by atoms with Gasteiger partial charge >= 0.3 is 0 Å². The van der Waals surface area contributed by atoms with Crippen LogP contribution in [0.15, 0.2) is 34.1 Å². The van der Waals surface area contributed by atoms with Gasteiger partial charge in [0.25, 0.3) is 5.56 Å². The molecule has 2 aromatic heterocycles. The molecule has 25 heavy (non-hydrogen) atoms. The molecule has 6 heteroatoms. The number of fused-ring (bicyclic) bond motifs is 1. The van der Waals surface area contributed by atoms with Crippen molar-refractivity contribution in [2.24, 2.45) is 4.99 Å². The topological polar surface area (TPSA) is 63.0 Å². The van der Waals surface area contributed by atoms with Gasteiger partial charge in [0.05, 0.1) is 15.8 Å². The number of thiazole rings is 1. The van der Waals surface area contributed by atoms with E-state index in [4.69, 9.17) is 0 Å². The molecule has 0 aliphatic rings. The summed E-state index contributed by atoms with van der Waals surface area (Å²) in [6.07, 6.45) is 3.93. The van der Waals surface area contributed by atoms with Crippen LogP contribution in [0.5, 0.6) is 0 Å². The molecule has 0 aliphatic carbocycles. The summed E-state index contributed by atoms with van der Waals surface area (Å²) in [4.78, 5) is 22.2. The first-order chi connectivity index (χ1) is 12.2. The number of H-pyrrole nitrogens is 1. The van der Waals surface area contributed by atoms with Gasteiger partial charge in [-0.15, -0.1) is 0 Å². The van der Waals surface area contributed by atoms with Gasteiger partial charge < -0.3 is 0 Å². The fraction of sp³-hybridized carbons (Fsp3) is 0.421. The van der Waals surface area contributed by atoms with E-state index in [2.05, 4.69) is 28.9 Å². The maximum atomic E-state index is 13.0. The Morgan fingerprint density at radius 1 is 1.28 bits per heavy atom. The molecule has 0 atom stereocenters. The molecule has 3 rings (SSSR count). The van der Waals surface area contributed by atoms with E-state index in [9.17, 15) is 4.79 Å². The van der Waals surface area contributed by atoms with Crippen LogP contribution in [-0.4, -0.2) is 27.0 Å². The van der Waals surface area contributed by atoms with E-state index >= 15 is 0 Å². The van der Waals surface area contributed by atoms with Gasteiger partial charge in [0.2, 0.25) is 5.13 Å². The van der Waals surface area contributed by atoms with Gasteiger partial charge in [-0.3, -0.25) is 14.9 Å². The molecule has 0 unspecified atom stereocenters. The molecule has 0 spiro atoms. The number of aliphatic imine (C=N–C) groups is 1. The molecule has 0 aliphatic heterocycles. The molecule has 0 fully saturated rings. The third-order valence-electron chi connectivity index (χ3n) is 4.16. The number of aromatic nitrogens is 3. The number of unbranched alkanes of at least 4 members (excludes halogenated alkanes) is 1. The quantitative estimate of drug-likeness (QED) is 0.506. The number of nitrogens with one attached hydrogen (secondary N) is 1. The number of hydrogen-bond donors (Lipinski definition) is 1. The molecule has 0 saturated carbocycles. The van der Waals surface area contributed by atoms with E-state index in [1.165, 1.54) is 11.3 Å². The summed E-state index contributed by atoms with van der Waals surface area (Å²) in [5, 5.41) is 3.95. The second-order valence-corrected chi connectivity index (χ2v) is 7.15. The first-order valence-corrected chi connectivity index (χ1v) is 9.68. The van der Waals surface area contributed by atoms with E-state index < -0.39 is 0 Å².